The van der Waals surface area contributed by atoms with Gasteiger partial charge in [0.05, 0.1) is 17.9 Å². The summed E-state index contributed by atoms with van der Waals surface area (Å²) >= 11 is 0. The van der Waals surface area contributed by atoms with E-state index in [1.165, 1.54) is 17.1 Å². The van der Waals surface area contributed by atoms with E-state index in [0.717, 1.165) is 5.56 Å². The van der Waals surface area contributed by atoms with E-state index >= 15 is 0 Å². The van der Waals surface area contributed by atoms with Crippen LogP contribution in [0.2, 0.25) is 0 Å². The third kappa shape index (κ3) is 3.91. The molecule has 0 bridgehead atoms. The minimum atomic E-state index is -0.502. The van der Waals surface area contributed by atoms with Crippen LogP contribution in [0, 0.1) is 10.1 Å². The molecular weight excluding hydrogens is 260 g/mol. The van der Waals surface area contributed by atoms with Crippen molar-refractivity contribution < 1.29 is 9.72 Å². The topological polar surface area (TPSA) is 90.1 Å². The van der Waals surface area contributed by atoms with Crippen molar-refractivity contribution in [2.45, 2.75) is 13.0 Å². The number of nitrogens with zero attached hydrogens (tertiary/aromatic N) is 3. The van der Waals surface area contributed by atoms with Gasteiger partial charge in [-0.25, -0.2) is 0 Å². The normalized spacial score (nSPS) is 10.2. The van der Waals surface area contributed by atoms with Gasteiger partial charge in [-0.2, -0.15) is 5.10 Å². The SMILES string of the molecule is O=C(Cc1ccccc1)NCCn1cc([N+](=O)[O-])cn1. The second-order valence-electron chi connectivity index (χ2n) is 4.23. The molecule has 1 aromatic heterocycles. The molecule has 104 valence electrons. The van der Waals surface area contributed by atoms with Gasteiger partial charge in [0, 0.05) is 6.54 Å². The summed E-state index contributed by atoms with van der Waals surface area (Å²) in [5.41, 5.74) is 0.889. The van der Waals surface area contributed by atoms with Crippen molar-refractivity contribution in [3.63, 3.8) is 0 Å². The molecule has 0 aliphatic heterocycles. The van der Waals surface area contributed by atoms with E-state index in [0.29, 0.717) is 19.5 Å². The molecule has 0 saturated heterocycles. The number of nitro groups is 1. The summed E-state index contributed by atoms with van der Waals surface area (Å²) in [5, 5.41) is 17.1. The summed E-state index contributed by atoms with van der Waals surface area (Å²) in [6, 6.07) is 9.43. The molecular formula is C13H14N4O3. The predicted octanol–water partition coefficient (Wildman–Crippen LogP) is 1.15. The van der Waals surface area contributed by atoms with Crippen LogP contribution in [0.3, 0.4) is 0 Å². The van der Waals surface area contributed by atoms with Crippen LogP contribution in [0.4, 0.5) is 5.69 Å². The van der Waals surface area contributed by atoms with Crippen molar-refractivity contribution in [1.29, 1.82) is 0 Å². The molecule has 0 unspecified atom stereocenters. The van der Waals surface area contributed by atoms with E-state index in [1.807, 2.05) is 30.3 Å². The molecule has 2 aromatic rings. The van der Waals surface area contributed by atoms with Crippen LogP contribution in [0.25, 0.3) is 0 Å². The van der Waals surface area contributed by atoms with E-state index in [1.54, 1.807) is 0 Å². The first kappa shape index (κ1) is 13.7. The summed E-state index contributed by atoms with van der Waals surface area (Å²) in [7, 11) is 0. The lowest BCUT2D eigenvalue weighted by atomic mass is 10.1. The largest absolute Gasteiger partial charge is 0.354 e. The Kier molecular flexibility index (Phi) is 4.43. The maximum Gasteiger partial charge on any atom is 0.306 e. The fourth-order valence-corrected chi connectivity index (χ4v) is 1.72. The standard InChI is InChI=1S/C13H14N4O3/c18-13(8-11-4-2-1-3-5-11)14-6-7-16-10-12(9-15-16)17(19)20/h1-5,9-10H,6-8H2,(H,14,18). The molecule has 0 aliphatic rings. The van der Waals surface area contributed by atoms with E-state index in [-0.39, 0.29) is 11.6 Å². The number of carbonyl (C=O) groups excluding carboxylic acids is 1. The Labute approximate surface area is 115 Å². The van der Waals surface area contributed by atoms with Gasteiger partial charge < -0.3 is 5.32 Å². The van der Waals surface area contributed by atoms with E-state index in [9.17, 15) is 14.9 Å². The molecule has 2 rings (SSSR count). The number of carbonyl (C=O) groups is 1. The fraction of sp³-hybridized carbons (Fsp3) is 0.231. The van der Waals surface area contributed by atoms with Gasteiger partial charge in [-0.15, -0.1) is 0 Å². The molecule has 0 spiro atoms. The van der Waals surface area contributed by atoms with Crippen molar-refractivity contribution >= 4 is 11.6 Å². The third-order valence-corrected chi connectivity index (χ3v) is 2.70. The summed E-state index contributed by atoms with van der Waals surface area (Å²) in [6.07, 6.45) is 2.84. The number of benzene rings is 1. The molecule has 1 N–H and O–H groups in total. The zero-order chi connectivity index (χ0) is 14.4. The Balaban J connectivity index is 1.75. The first-order chi connectivity index (χ1) is 9.65. The summed E-state index contributed by atoms with van der Waals surface area (Å²) < 4.78 is 1.43. The second-order valence-corrected chi connectivity index (χ2v) is 4.23. The van der Waals surface area contributed by atoms with Gasteiger partial charge in [0.2, 0.25) is 5.91 Å². The quantitative estimate of drug-likeness (QED) is 0.632. The van der Waals surface area contributed by atoms with Crippen LogP contribution in [-0.4, -0.2) is 27.2 Å². The lowest BCUT2D eigenvalue weighted by molar-refractivity contribution is -0.385. The highest BCUT2D eigenvalue weighted by Crippen LogP contribution is 2.07. The first-order valence-electron chi connectivity index (χ1n) is 6.12. The summed E-state index contributed by atoms with van der Waals surface area (Å²) in [6.45, 7) is 0.777. The van der Waals surface area contributed by atoms with Gasteiger partial charge in [-0.3, -0.25) is 19.6 Å². The Bertz CT molecular complexity index is 595. The number of aromatic nitrogens is 2. The lowest BCUT2D eigenvalue weighted by Gasteiger charge is -2.05. The monoisotopic (exact) mass is 274 g/mol. The highest BCUT2D eigenvalue weighted by molar-refractivity contribution is 5.78. The van der Waals surface area contributed by atoms with Crippen molar-refractivity contribution in [1.82, 2.24) is 15.1 Å². The maximum absolute atomic E-state index is 11.7. The van der Waals surface area contributed by atoms with Gasteiger partial charge >= 0.3 is 5.69 Å². The van der Waals surface area contributed by atoms with E-state index in [4.69, 9.17) is 0 Å². The molecule has 7 heteroatoms. The first-order valence-corrected chi connectivity index (χ1v) is 6.12. The van der Waals surface area contributed by atoms with Crippen molar-refractivity contribution in [3.8, 4) is 0 Å². The molecule has 0 fully saturated rings. The lowest BCUT2D eigenvalue weighted by Crippen LogP contribution is -2.28. The molecule has 0 atom stereocenters. The van der Waals surface area contributed by atoms with Gasteiger partial charge in [-0.1, -0.05) is 30.3 Å². The molecule has 0 saturated carbocycles. The van der Waals surface area contributed by atoms with Crippen LogP contribution in [-0.2, 0) is 17.8 Å². The van der Waals surface area contributed by atoms with Gasteiger partial charge in [-0.05, 0) is 5.56 Å². The summed E-state index contributed by atoms with van der Waals surface area (Å²) in [4.78, 5) is 21.6. The highest BCUT2D eigenvalue weighted by Gasteiger charge is 2.08. The highest BCUT2D eigenvalue weighted by atomic mass is 16.6. The Hall–Kier alpha value is -2.70. The molecule has 1 heterocycles. The van der Waals surface area contributed by atoms with Gasteiger partial charge in [0.25, 0.3) is 0 Å². The number of rotatable bonds is 6. The van der Waals surface area contributed by atoms with Crippen LogP contribution < -0.4 is 5.32 Å². The molecule has 20 heavy (non-hydrogen) atoms. The smallest absolute Gasteiger partial charge is 0.306 e. The Morgan fingerprint density at radius 3 is 2.75 bits per heavy atom. The van der Waals surface area contributed by atoms with E-state index < -0.39 is 4.92 Å². The Morgan fingerprint density at radius 1 is 1.35 bits per heavy atom. The van der Waals surface area contributed by atoms with Crippen LogP contribution in [0.1, 0.15) is 5.56 Å². The zero-order valence-electron chi connectivity index (χ0n) is 10.7. The van der Waals surface area contributed by atoms with Gasteiger partial charge in [0.1, 0.15) is 12.4 Å². The minimum Gasteiger partial charge on any atom is -0.354 e. The third-order valence-electron chi connectivity index (χ3n) is 2.70. The average molecular weight is 274 g/mol. The molecule has 7 nitrogen and oxygen atoms in total. The minimum absolute atomic E-state index is 0.0550. The molecule has 0 aliphatic carbocycles. The van der Waals surface area contributed by atoms with Crippen molar-refractivity contribution in [2.24, 2.45) is 0 Å². The van der Waals surface area contributed by atoms with E-state index in [2.05, 4.69) is 10.4 Å². The predicted molar refractivity (Wildman–Crippen MR) is 72.0 cm³/mol. The van der Waals surface area contributed by atoms with Crippen LogP contribution >= 0.6 is 0 Å². The molecule has 1 amide bonds. The summed E-state index contributed by atoms with van der Waals surface area (Å²) in [5.74, 6) is -0.0853. The second kappa shape index (κ2) is 6.46. The number of nitrogens with one attached hydrogen (secondary N) is 1. The van der Waals surface area contributed by atoms with Crippen LogP contribution in [0.15, 0.2) is 42.7 Å². The zero-order valence-corrected chi connectivity index (χ0v) is 10.7. The average Bonchev–Trinajstić information content (AvgIpc) is 2.89. The van der Waals surface area contributed by atoms with Gasteiger partial charge in [0.15, 0.2) is 0 Å². The van der Waals surface area contributed by atoms with Crippen molar-refractivity contribution in [3.05, 3.63) is 58.4 Å². The fourth-order valence-electron chi connectivity index (χ4n) is 1.72. The Morgan fingerprint density at radius 2 is 2.10 bits per heavy atom. The number of amides is 1. The number of hydrogen-bond donors (Lipinski definition) is 1. The maximum atomic E-state index is 11.7. The number of hydrogen-bond acceptors (Lipinski definition) is 4. The van der Waals surface area contributed by atoms with Crippen molar-refractivity contribution in [2.75, 3.05) is 6.54 Å². The molecule has 1 aromatic carbocycles. The molecule has 0 radical (unpaired) electrons. The van der Waals surface area contributed by atoms with Crippen LogP contribution in [0.5, 0.6) is 0 Å².